The van der Waals surface area contributed by atoms with Crippen molar-refractivity contribution in [3.8, 4) is 0 Å². The number of anilines is 1. The largest absolute Gasteiger partial charge is 0.380 e. The molecule has 28 heavy (non-hydrogen) atoms. The Labute approximate surface area is 164 Å². The minimum absolute atomic E-state index is 0.0910. The van der Waals surface area contributed by atoms with E-state index in [-0.39, 0.29) is 18.5 Å². The zero-order chi connectivity index (χ0) is 19.7. The first-order valence-corrected chi connectivity index (χ1v) is 10.9. The lowest BCUT2D eigenvalue weighted by Crippen LogP contribution is -2.42. The highest BCUT2D eigenvalue weighted by Gasteiger charge is 2.42. The van der Waals surface area contributed by atoms with Gasteiger partial charge in [0.2, 0.25) is 0 Å². The minimum Gasteiger partial charge on any atom is -0.380 e. The van der Waals surface area contributed by atoms with Crippen LogP contribution in [-0.4, -0.2) is 49.2 Å². The van der Waals surface area contributed by atoms with Gasteiger partial charge in [0.1, 0.15) is 0 Å². The number of hydrogen-bond acceptors (Lipinski definition) is 3. The Morgan fingerprint density at radius 1 is 0.893 bits per heavy atom. The second-order valence-corrected chi connectivity index (χ2v) is 9.26. The molecule has 1 N–H and O–H groups in total. The zero-order valence-electron chi connectivity index (χ0n) is 15.4. The van der Waals surface area contributed by atoms with Crippen molar-refractivity contribution in [3.63, 3.8) is 0 Å². The van der Waals surface area contributed by atoms with E-state index in [0.717, 1.165) is 30.5 Å². The lowest BCUT2D eigenvalue weighted by Gasteiger charge is -2.23. The summed E-state index contributed by atoms with van der Waals surface area (Å²) in [5, 5.41) is 3.22. The summed E-state index contributed by atoms with van der Waals surface area (Å²) in [6.07, 6.45) is 1.76. The number of nitrogens with one attached hydrogen (secondary N) is 1. The van der Waals surface area contributed by atoms with Crippen LogP contribution in [0.1, 0.15) is 24.3 Å². The summed E-state index contributed by atoms with van der Waals surface area (Å²) < 4.78 is 56.0. The Balaban J connectivity index is 1.61. The second kappa shape index (κ2) is 7.77. The summed E-state index contributed by atoms with van der Waals surface area (Å²) in [6.45, 7) is 1.73. The molecule has 0 spiro atoms. The van der Waals surface area contributed by atoms with E-state index in [9.17, 15) is 17.2 Å². The first kappa shape index (κ1) is 19.3. The molecule has 2 aliphatic rings. The Hall–Kier alpha value is -2.03. The molecule has 0 aliphatic carbocycles. The van der Waals surface area contributed by atoms with Gasteiger partial charge in [-0.05, 0) is 30.5 Å². The number of nitrogens with zero attached hydrogens (tertiary/aromatic N) is 2. The van der Waals surface area contributed by atoms with Gasteiger partial charge in [0.05, 0.1) is 0 Å². The maximum Gasteiger partial charge on any atom is 0.282 e. The molecule has 2 fully saturated rings. The van der Waals surface area contributed by atoms with E-state index >= 15 is 0 Å². The van der Waals surface area contributed by atoms with Gasteiger partial charge in [-0.1, -0.05) is 30.3 Å². The standard InChI is InChI=1S/C20H23F2N3O2S/c21-18-9-8-16(12-19(18)22)23-20-14-25(28(26,27)24-10-4-5-11-24)13-17(20)15-6-2-1-3-7-15/h1-3,6-9,12,17,20,23H,4-5,10-11,13-14H2/t17-,20-/m0/s1. The van der Waals surface area contributed by atoms with Gasteiger partial charge < -0.3 is 5.32 Å². The summed E-state index contributed by atoms with van der Waals surface area (Å²) in [4.78, 5) is 0. The lowest BCUT2D eigenvalue weighted by molar-refractivity contribution is 0.394. The molecule has 8 heteroatoms. The highest BCUT2D eigenvalue weighted by Crippen LogP contribution is 2.33. The van der Waals surface area contributed by atoms with Crippen molar-refractivity contribution in [1.82, 2.24) is 8.61 Å². The van der Waals surface area contributed by atoms with Crippen LogP contribution in [0, 0.1) is 11.6 Å². The van der Waals surface area contributed by atoms with Crippen molar-refractivity contribution in [2.24, 2.45) is 0 Å². The van der Waals surface area contributed by atoms with Crippen LogP contribution in [0.25, 0.3) is 0 Å². The molecule has 0 bridgehead atoms. The first-order chi connectivity index (χ1) is 13.4. The number of benzene rings is 2. The van der Waals surface area contributed by atoms with Crippen molar-refractivity contribution in [1.29, 1.82) is 0 Å². The van der Waals surface area contributed by atoms with E-state index in [4.69, 9.17) is 0 Å². The third-order valence-corrected chi connectivity index (χ3v) is 7.47. The molecule has 2 heterocycles. The molecule has 2 aromatic carbocycles. The van der Waals surface area contributed by atoms with Crippen LogP contribution >= 0.6 is 0 Å². The number of halogens is 2. The van der Waals surface area contributed by atoms with E-state index in [2.05, 4.69) is 5.32 Å². The Kier molecular flexibility index (Phi) is 5.35. The average molecular weight is 407 g/mol. The summed E-state index contributed by atoms with van der Waals surface area (Å²) in [7, 11) is -3.53. The molecule has 0 radical (unpaired) electrons. The molecule has 2 atom stereocenters. The molecule has 4 rings (SSSR count). The van der Waals surface area contributed by atoms with Crippen molar-refractivity contribution in [2.45, 2.75) is 24.8 Å². The van der Waals surface area contributed by atoms with Crippen LogP contribution in [0.4, 0.5) is 14.5 Å². The average Bonchev–Trinajstić information content (AvgIpc) is 3.36. The van der Waals surface area contributed by atoms with Gasteiger partial charge in [0, 0.05) is 49.9 Å². The van der Waals surface area contributed by atoms with Gasteiger partial charge in [0.15, 0.2) is 11.6 Å². The van der Waals surface area contributed by atoms with E-state index in [1.807, 2.05) is 30.3 Å². The maximum atomic E-state index is 13.6. The van der Waals surface area contributed by atoms with Crippen molar-refractivity contribution in [2.75, 3.05) is 31.5 Å². The molecular weight excluding hydrogens is 384 g/mol. The van der Waals surface area contributed by atoms with Crippen LogP contribution < -0.4 is 5.32 Å². The van der Waals surface area contributed by atoms with Crippen LogP contribution in [0.3, 0.4) is 0 Å². The van der Waals surface area contributed by atoms with Crippen LogP contribution in [0.15, 0.2) is 48.5 Å². The van der Waals surface area contributed by atoms with E-state index in [1.54, 1.807) is 0 Å². The summed E-state index contributed by atoms with van der Waals surface area (Å²) in [6, 6.07) is 13.1. The molecule has 0 aromatic heterocycles. The summed E-state index contributed by atoms with van der Waals surface area (Å²) >= 11 is 0. The first-order valence-electron chi connectivity index (χ1n) is 9.47. The third-order valence-electron chi connectivity index (χ3n) is 5.50. The SMILES string of the molecule is O=S(=O)(N1CCCC1)N1C[C@H](Nc2ccc(F)c(F)c2)[C@H](c2ccccc2)C1. The van der Waals surface area contributed by atoms with Crippen molar-refractivity contribution < 1.29 is 17.2 Å². The molecule has 150 valence electrons. The molecule has 0 unspecified atom stereocenters. The van der Waals surface area contributed by atoms with Crippen molar-refractivity contribution >= 4 is 15.9 Å². The highest BCUT2D eigenvalue weighted by atomic mass is 32.2. The highest BCUT2D eigenvalue weighted by molar-refractivity contribution is 7.86. The van der Waals surface area contributed by atoms with Crippen LogP contribution in [0.2, 0.25) is 0 Å². The van der Waals surface area contributed by atoms with Crippen LogP contribution in [-0.2, 0) is 10.2 Å². The molecule has 5 nitrogen and oxygen atoms in total. The van der Waals surface area contributed by atoms with Gasteiger partial charge in [0.25, 0.3) is 10.2 Å². The second-order valence-electron chi connectivity index (χ2n) is 7.33. The fourth-order valence-corrected chi connectivity index (χ4v) is 5.77. The van der Waals surface area contributed by atoms with E-state index in [0.29, 0.717) is 25.3 Å². The fourth-order valence-electron chi connectivity index (χ4n) is 4.02. The maximum absolute atomic E-state index is 13.6. The molecule has 0 amide bonds. The van der Waals surface area contributed by atoms with Crippen molar-refractivity contribution in [3.05, 3.63) is 65.7 Å². The molecule has 2 saturated heterocycles. The fraction of sp³-hybridized carbons (Fsp3) is 0.400. The predicted molar refractivity (Wildman–Crippen MR) is 104 cm³/mol. The van der Waals surface area contributed by atoms with Gasteiger partial charge in [-0.15, -0.1) is 0 Å². The van der Waals surface area contributed by atoms with Gasteiger partial charge in [-0.3, -0.25) is 0 Å². The number of hydrogen-bond donors (Lipinski definition) is 1. The molecule has 2 aliphatic heterocycles. The normalized spacial score (nSPS) is 23.9. The monoisotopic (exact) mass is 407 g/mol. The van der Waals surface area contributed by atoms with Gasteiger partial charge in [-0.25, -0.2) is 8.78 Å². The van der Waals surface area contributed by atoms with Gasteiger partial charge in [-0.2, -0.15) is 17.0 Å². The smallest absolute Gasteiger partial charge is 0.282 e. The summed E-state index contributed by atoms with van der Waals surface area (Å²) in [5.74, 6) is -1.93. The van der Waals surface area contributed by atoms with E-state index < -0.39 is 21.8 Å². The Morgan fingerprint density at radius 3 is 2.29 bits per heavy atom. The van der Waals surface area contributed by atoms with E-state index in [1.165, 1.54) is 14.7 Å². The Morgan fingerprint density at radius 2 is 1.61 bits per heavy atom. The topological polar surface area (TPSA) is 52.7 Å². The zero-order valence-corrected chi connectivity index (χ0v) is 16.2. The quantitative estimate of drug-likeness (QED) is 0.828. The molecule has 0 saturated carbocycles. The van der Waals surface area contributed by atoms with Gasteiger partial charge >= 0.3 is 0 Å². The van der Waals surface area contributed by atoms with Crippen LogP contribution in [0.5, 0.6) is 0 Å². The third kappa shape index (κ3) is 3.76. The minimum atomic E-state index is -3.53. The molecular formula is C20H23F2N3O2S. The summed E-state index contributed by atoms with van der Waals surface area (Å²) in [5.41, 5.74) is 1.45. The Bertz CT molecular complexity index is 934. The molecule has 2 aromatic rings. The number of rotatable bonds is 5. The lowest BCUT2D eigenvalue weighted by atomic mass is 9.94. The predicted octanol–water partition coefficient (Wildman–Crippen LogP) is 3.19.